The van der Waals surface area contributed by atoms with Crippen LogP contribution < -0.4 is 0 Å². The number of alkyl halides is 21. The predicted octanol–water partition coefficient (Wildman–Crippen LogP) is 7.20. The van der Waals surface area contributed by atoms with Gasteiger partial charge in [-0.2, -0.15) is 92.2 Å². The first-order valence-corrected chi connectivity index (χ1v) is 6.91. The van der Waals surface area contributed by atoms with Crippen LogP contribution in [0.2, 0.25) is 0 Å². The summed E-state index contributed by atoms with van der Waals surface area (Å²) in [5.41, 5.74) is 0. The van der Waals surface area contributed by atoms with Crippen LogP contribution in [0.5, 0.6) is 0 Å². The SMILES string of the molecule is FC#CC(F)(F)C(F)(F)C(F)(F)C(F)(F)C(F)(F)C(F)(F)C(F)(F)C(F)(F)C(F)(F)C(F)(F)F. The van der Waals surface area contributed by atoms with Crippen LogP contribution >= 0.6 is 0 Å². The van der Waals surface area contributed by atoms with Crippen LogP contribution in [0.25, 0.3) is 0 Å². The second-order valence-electron chi connectivity index (χ2n) is 5.89. The third-order valence-electron chi connectivity index (χ3n) is 3.71. The highest BCUT2D eigenvalue weighted by Gasteiger charge is 2.97. The van der Waals surface area contributed by atoms with Crippen molar-refractivity contribution in [3.63, 3.8) is 0 Å². The van der Waals surface area contributed by atoms with Crippen molar-refractivity contribution in [2.24, 2.45) is 0 Å². The molecule has 0 nitrogen and oxygen atoms in total. The topological polar surface area (TPSA) is 0 Å². The minimum Gasteiger partial charge on any atom is -0.192 e. The van der Waals surface area contributed by atoms with Gasteiger partial charge in [-0.3, -0.25) is 0 Å². The van der Waals surface area contributed by atoms with Crippen molar-refractivity contribution in [3.05, 3.63) is 0 Å². The zero-order chi connectivity index (χ0) is 28.4. The summed E-state index contributed by atoms with van der Waals surface area (Å²) < 4.78 is 282. The second-order valence-corrected chi connectivity index (χ2v) is 5.89. The van der Waals surface area contributed by atoms with Crippen LogP contribution in [0, 0.1) is 12.1 Å². The average molecular weight is 562 g/mol. The molecule has 22 heteroatoms. The average Bonchev–Trinajstić information content (AvgIpc) is 2.59. The van der Waals surface area contributed by atoms with E-state index >= 15 is 0 Å². The van der Waals surface area contributed by atoms with Gasteiger partial charge in [-0.05, 0) is 0 Å². The normalized spacial score (nSPS) is 16.3. The van der Waals surface area contributed by atoms with Gasteiger partial charge in [0, 0.05) is 5.92 Å². The molecule has 0 saturated carbocycles. The third-order valence-corrected chi connectivity index (χ3v) is 3.71. The first-order chi connectivity index (χ1) is 14.3. The van der Waals surface area contributed by atoms with E-state index in [0.717, 1.165) is 0 Å². The van der Waals surface area contributed by atoms with Gasteiger partial charge in [-0.25, -0.2) is 0 Å². The van der Waals surface area contributed by atoms with E-state index in [1.807, 2.05) is 0 Å². The highest BCUT2D eigenvalue weighted by atomic mass is 19.4. The lowest BCUT2D eigenvalue weighted by molar-refractivity contribution is -0.472. The molecule has 0 aromatic heterocycles. The van der Waals surface area contributed by atoms with Gasteiger partial charge in [0.1, 0.15) is 6.17 Å². The number of rotatable bonds is 8. The Morgan fingerprint density at radius 3 is 0.706 bits per heavy atom. The minimum absolute atomic E-state index is 0.821. The van der Waals surface area contributed by atoms with Gasteiger partial charge in [0.25, 0.3) is 0 Å². The fraction of sp³-hybridized carbons (Fsp3) is 0.833. The molecule has 0 amide bonds. The van der Waals surface area contributed by atoms with Gasteiger partial charge >= 0.3 is 59.5 Å². The van der Waals surface area contributed by atoms with Crippen LogP contribution in [0.4, 0.5) is 96.6 Å². The van der Waals surface area contributed by atoms with Gasteiger partial charge in [0.05, 0.1) is 0 Å². The molecule has 0 atom stereocenters. The summed E-state index contributed by atoms with van der Waals surface area (Å²) >= 11 is 0. The van der Waals surface area contributed by atoms with E-state index in [4.69, 9.17) is 0 Å². The fourth-order valence-electron chi connectivity index (χ4n) is 1.70. The molecular weight excluding hydrogens is 562 g/mol. The quantitative estimate of drug-likeness (QED) is 0.217. The molecule has 0 unspecified atom stereocenters. The minimum atomic E-state index is -9.23. The van der Waals surface area contributed by atoms with Crippen molar-refractivity contribution in [2.75, 3.05) is 0 Å². The Kier molecular flexibility index (Phi) is 7.31. The molecule has 34 heavy (non-hydrogen) atoms. The molecule has 0 aliphatic carbocycles. The van der Waals surface area contributed by atoms with Crippen molar-refractivity contribution in [1.29, 1.82) is 0 Å². The summed E-state index contributed by atoms with van der Waals surface area (Å²) in [5, 5.41) is 0. The molecule has 0 aliphatic heterocycles. The van der Waals surface area contributed by atoms with Crippen molar-refractivity contribution in [2.45, 2.75) is 59.5 Å². The van der Waals surface area contributed by atoms with Crippen molar-refractivity contribution < 1.29 is 96.6 Å². The summed E-state index contributed by atoms with van der Waals surface area (Å²) in [5.74, 6) is -79.2. The van der Waals surface area contributed by atoms with E-state index in [-0.39, 0.29) is 0 Å². The first-order valence-electron chi connectivity index (χ1n) is 6.91. The Morgan fingerprint density at radius 2 is 0.500 bits per heavy atom. The lowest BCUT2D eigenvalue weighted by atomic mass is 9.86. The number of halogens is 22. The zero-order valence-corrected chi connectivity index (χ0v) is 14.3. The zero-order valence-electron chi connectivity index (χ0n) is 14.3. The Morgan fingerprint density at radius 1 is 0.294 bits per heavy atom. The number of hydrogen-bond donors (Lipinski definition) is 0. The lowest BCUT2D eigenvalue weighted by Crippen LogP contribution is -2.76. The molecule has 0 spiro atoms. The Bertz CT molecular complexity index is 815. The lowest BCUT2D eigenvalue weighted by Gasteiger charge is -2.44. The Hall–Kier alpha value is -1.98. The van der Waals surface area contributed by atoms with Crippen molar-refractivity contribution in [1.82, 2.24) is 0 Å². The summed E-state index contributed by atoms with van der Waals surface area (Å²) in [6.45, 7) is 0. The highest BCUT2D eigenvalue weighted by Crippen LogP contribution is 2.66. The summed E-state index contributed by atoms with van der Waals surface area (Å²) in [6, 6.07) is 0. The molecule has 0 heterocycles. The van der Waals surface area contributed by atoms with Gasteiger partial charge in [-0.15, -0.1) is 4.39 Å². The van der Waals surface area contributed by atoms with Crippen LogP contribution in [-0.4, -0.2) is 59.5 Å². The monoisotopic (exact) mass is 562 g/mol. The molecule has 0 aromatic carbocycles. The van der Waals surface area contributed by atoms with Crippen LogP contribution in [-0.2, 0) is 0 Å². The van der Waals surface area contributed by atoms with Gasteiger partial charge < -0.3 is 0 Å². The number of hydrogen-bond acceptors (Lipinski definition) is 0. The molecule has 0 bridgehead atoms. The molecule has 0 aromatic rings. The maximum absolute atomic E-state index is 13.3. The van der Waals surface area contributed by atoms with Crippen LogP contribution in [0.15, 0.2) is 0 Å². The van der Waals surface area contributed by atoms with E-state index in [1.165, 1.54) is 0 Å². The molecule has 0 radical (unpaired) electrons. The standard InChI is InChI=1S/C12F22/c13-2-1-3(14,15)4(16,17)5(18,19)6(20,21)7(22,23)8(24,25)9(26,27)10(28,29)11(30,31)12(32,33)34. The van der Waals surface area contributed by atoms with E-state index in [9.17, 15) is 96.6 Å². The van der Waals surface area contributed by atoms with Gasteiger partial charge in [-0.1, -0.05) is 0 Å². The molecule has 0 fully saturated rings. The van der Waals surface area contributed by atoms with E-state index in [2.05, 4.69) is 0 Å². The molecular formula is C12F22. The molecule has 0 N–H and O–H groups in total. The van der Waals surface area contributed by atoms with Crippen LogP contribution in [0.1, 0.15) is 0 Å². The van der Waals surface area contributed by atoms with Gasteiger partial charge in [0.15, 0.2) is 0 Å². The van der Waals surface area contributed by atoms with E-state index in [0.29, 0.717) is 0 Å². The van der Waals surface area contributed by atoms with E-state index in [1.54, 1.807) is 0 Å². The predicted molar refractivity (Wildman–Crippen MR) is 59.5 cm³/mol. The molecule has 202 valence electrons. The summed E-state index contributed by atoms with van der Waals surface area (Å²) in [4.78, 5) is 0. The highest BCUT2D eigenvalue weighted by molar-refractivity contribution is 5.22. The first kappa shape index (κ1) is 32.0. The van der Waals surface area contributed by atoms with E-state index < -0.39 is 71.6 Å². The van der Waals surface area contributed by atoms with Crippen molar-refractivity contribution >= 4 is 0 Å². The third kappa shape index (κ3) is 3.67. The maximum Gasteiger partial charge on any atom is 0.460 e. The molecule has 0 aliphatic rings. The van der Waals surface area contributed by atoms with Gasteiger partial charge in [0.2, 0.25) is 0 Å². The smallest absolute Gasteiger partial charge is 0.192 e. The second kappa shape index (κ2) is 7.76. The van der Waals surface area contributed by atoms with Crippen molar-refractivity contribution in [3.8, 4) is 12.1 Å². The summed E-state index contributed by atoms with van der Waals surface area (Å²) in [7, 11) is 0. The van der Waals surface area contributed by atoms with Crippen LogP contribution in [0.3, 0.4) is 0 Å². The molecule has 0 rings (SSSR count). The maximum atomic E-state index is 13.3. The molecule has 0 saturated heterocycles. The Labute approximate surface area is 169 Å². The summed E-state index contributed by atoms with van der Waals surface area (Å²) in [6.07, 6.45) is -8.85. The Balaban J connectivity index is 7.10. The largest absolute Gasteiger partial charge is 0.460 e. The fourth-order valence-corrected chi connectivity index (χ4v) is 1.70.